The number of thioether (sulfide) groups is 1. The van der Waals surface area contributed by atoms with Crippen LogP contribution >= 0.6 is 34.7 Å². The van der Waals surface area contributed by atoms with Gasteiger partial charge in [-0.2, -0.15) is 5.10 Å². The molecular formula is C33H28ClFN6O4S2. The predicted octanol–water partition coefficient (Wildman–Crippen LogP) is 6.54. The van der Waals surface area contributed by atoms with Crippen LogP contribution in [0.15, 0.2) is 94.5 Å². The highest BCUT2D eigenvalue weighted by Gasteiger charge is 2.36. The van der Waals surface area contributed by atoms with Crippen LogP contribution in [0.1, 0.15) is 39.1 Å². The maximum absolute atomic E-state index is 13.9. The quantitative estimate of drug-likeness (QED) is 0.157. The summed E-state index contributed by atoms with van der Waals surface area (Å²) < 4.78 is 26.7. The molecule has 10 nitrogen and oxygen atoms in total. The number of hydrazone groups is 1. The molecule has 0 saturated carbocycles. The summed E-state index contributed by atoms with van der Waals surface area (Å²) >= 11 is 9.06. The third kappa shape index (κ3) is 7.02. The van der Waals surface area contributed by atoms with Crippen LogP contribution in [-0.2, 0) is 11.3 Å². The minimum atomic E-state index is -0.514. The van der Waals surface area contributed by atoms with Gasteiger partial charge < -0.3 is 14.8 Å². The maximum Gasteiger partial charge on any atom is 0.253 e. The van der Waals surface area contributed by atoms with Crippen molar-refractivity contribution in [1.29, 1.82) is 0 Å². The number of nitrogens with one attached hydrogen (secondary N) is 1. The van der Waals surface area contributed by atoms with Crippen molar-refractivity contribution in [2.24, 2.45) is 5.10 Å². The Morgan fingerprint density at radius 2 is 1.87 bits per heavy atom. The van der Waals surface area contributed by atoms with Crippen LogP contribution < -0.4 is 14.8 Å². The number of hydrogen-bond donors (Lipinski definition) is 1. The highest BCUT2D eigenvalue weighted by molar-refractivity contribution is 7.99. The Morgan fingerprint density at radius 1 is 1.04 bits per heavy atom. The topological polar surface area (TPSA) is 111 Å². The smallest absolute Gasteiger partial charge is 0.253 e. The summed E-state index contributed by atoms with van der Waals surface area (Å²) in [4.78, 5) is 27.7. The Bertz CT molecular complexity index is 1950. The average Bonchev–Trinajstić information content (AvgIpc) is 3.86. The number of methoxy groups -OCH3 is 2. The van der Waals surface area contributed by atoms with Gasteiger partial charge in [0.05, 0.1) is 48.8 Å². The van der Waals surface area contributed by atoms with Crippen LogP contribution in [-0.4, -0.2) is 57.3 Å². The van der Waals surface area contributed by atoms with E-state index in [1.54, 1.807) is 54.4 Å². The minimum absolute atomic E-state index is 0.0122. The first-order valence-electron chi connectivity index (χ1n) is 14.4. The van der Waals surface area contributed by atoms with Crippen LogP contribution in [0.3, 0.4) is 0 Å². The number of carbonyl (C=O) groups excluding carboxylic acids is 2. The first kappa shape index (κ1) is 32.2. The van der Waals surface area contributed by atoms with Gasteiger partial charge in [-0.1, -0.05) is 53.7 Å². The van der Waals surface area contributed by atoms with Crippen molar-refractivity contribution in [1.82, 2.24) is 25.1 Å². The number of benzene rings is 3. The maximum atomic E-state index is 13.9. The Hall–Kier alpha value is -4.72. The van der Waals surface area contributed by atoms with Gasteiger partial charge in [-0.25, -0.2) is 9.40 Å². The molecule has 0 aliphatic carbocycles. The summed E-state index contributed by atoms with van der Waals surface area (Å²) in [7, 11) is 3.14. The van der Waals surface area contributed by atoms with E-state index in [-0.39, 0.29) is 23.8 Å². The van der Waals surface area contributed by atoms with Gasteiger partial charge in [0, 0.05) is 22.6 Å². The summed E-state index contributed by atoms with van der Waals surface area (Å²) in [6.07, 6.45) is 0.494. The molecular weight excluding hydrogens is 663 g/mol. The number of rotatable bonds is 11. The lowest BCUT2D eigenvalue weighted by atomic mass is 9.99. The van der Waals surface area contributed by atoms with Crippen molar-refractivity contribution in [3.63, 3.8) is 0 Å². The molecule has 240 valence electrons. The second kappa shape index (κ2) is 14.4. The van der Waals surface area contributed by atoms with E-state index in [4.69, 9.17) is 26.2 Å². The number of aromatic nitrogens is 3. The van der Waals surface area contributed by atoms with Crippen molar-refractivity contribution < 1.29 is 23.5 Å². The van der Waals surface area contributed by atoms with Crippen molar-refractivity contribution in [3.8, 4) is 17.2 Å². The number of halogens is 2. The lowest BCUT2D eigenvalue weighted by Crippen LogP contribution is -2.29. The van der Waals surface area contributed by atoms with E-state index in [9.17, 15) is 14.0 Å². The van der Waals surface area contributed by atoms with Crippen molar-refractivity contribution in [2.75, 3.05) is 20.0 Å². The lowest BCUT2D eigenvalue weighted by molar-refractivity contribution is -0.130. The molecule has 1 aliphatic heterocycles. The van der Waals surface area contributed by atoms with Gasteiger partial charge in [-0.05, 0) is 53.9 Å². The molecule has 2 amide bonds. The molecule has 47 heavy (non-hydrogen) atoms. The molecule has 0 unspecified atom stereocenters. The molecule has 1 aliphatic rings. The number of nitrogens with zero attached hydrogens (tertiary/aromatic N) is 5. The normalized spacial score (nSPS) is 14.2. The molecule has 0 bridgehead atoms. The van der Waals surface area contributed by atoms with Crippen LogP contribution in [0.2, 0.25) is 5.02 Å². The molecule has 3 aromatic carbocycles. The third-order valence-corrected chi connectivity index (χ3v) is 9.42. The summed E-state index contributed by atoms with van der Waals surface area (Å²) in [6, 6.07) is 21.6. The third-order valence-electron chi connectivity index (χ3n) is 7.35. The van der Waals surface area contributed by atoms with Gasteiger partial charge >= 0.3 is 0 Å². The highest BCUT2D eigenvalue weighted by atomic mass is 35.5. The molecule has 6 rings (SSSR count). The number of ether oxygens (including phenoxy) is 2. The summed E-state index contributed by atoms with van der Waals surface area (Å²) in [5.74, 6) is 0.241. The zero-order valence-electron chi connectivity index (χ0n) is 25.2. The lowest BCUT2D eigenvalue weighted by Gasteiger charge is -2.24. The van der Waals surface area contributed by atoms with Gasteiger partial charge in [0.25, 0.3) is 11.8 Å². The molecule has 3 heterocycles. The molecule has 5 aromatic rings. The largest absolute Gasteiger partial charge is 0.493 e. The molecule has 1 N–H and O–H groups in total. The summed E-state index contributed by atoms with van der Waals surface area (Å²) in [6.45, 7) is -0.0122. The van der Waals surface area contributed by atoms with E-state index in [1.165, 1.54) is 35.0 Å². The molecule has 0 saturated heterocycles. The van der Waals surface area contributed by atoms with Crippen LogP contribution in [0.4, 0.5) is 4.39 Å². The zero-order chi connectivity index (χ0) is 32.9. The first-order chi connectivity index (χ1) is 22.9. The van der Waals surface area contributed by atoms with E-state index in [1.807, 2.05) is 35.7 Å². The van der Waals surface area contributed by atoms with Gasteiger partial charge in [0.15, 0.2) is 22.5 Å². The van der Waals surface area contributed by atoms with E-state index in [2.05, 4.69) is 15.5 Å². The predicted molar refractivity (Wildman–Crippen MR) is 179 cm³/mol. The van der Waals surface area contributed by atoms with E-state index in [0.717, 1.165) is 22.2 Å². The number of thiophene rings is 1. The van der Waals surface area contributed by atoms with E-state index in [0.29, 0.717) is 39.6 Å². The second-order valence-corrected chi connectivity index (χ2v) is 12.6. The number of amides is 2. The number of carbonyl (C=O) groups is 2. The first-order valence-corrected chi connectivity index (χ1v) is 16.6. The van der Waals surface area contributed by atoms with Crippen molar-refractivity contribution in [2.45, 2.75) is 24.2 Å². The Kier molecular flexibility index (Phi) is 9.85. The second-order valence-electron chi connectivity index (χ2n) is 10.3. The molecule has 0 radical (unpaired) electrons. The van der Waals surface area contributed by atoms with E-state index < -0.39 is 17.8 Å². The van der Waals surface area contributed by atoms with Crippen LogP contribution in [0.25, 0.3) is 5.69 Å². The molecule has 0 spiro atoms. The van der Waals surface area contributed by atoms with Gasteiger partial charge in [-0.3, -0.25) is 14.2 Å². The fourth-order valence-electron chi connectivity index (χ4n) is 5.21. The summed E-state index contributed by atoms with van der Waals surface area (Å²) in [5.41, 5.74) is 2.39. The van der Waals surface area contributed by atoms with Gasteiger partial charge in [0.2, 0.25) is 0 Å². The van der Waals surface area contributed by atoms with Gasteiger partial charge in [0.1, 0.15) is 5.82 Å². The Morgan fingerprint density at radius 3 is 2.62 bits per heavy atom. The fourth-order valence-corrected chi connectivity index (χ4v) is 6.94. The molecule has 2 aromatic heterocycles. The Labute approximate surface area is 283 Å². The van der Waals surface area contributed by atoms with Gasteiger partial charge in [-0.15, -0.1) is 21.5 Å². The minimum Gasteiger partial charge on any atom is -0.493 e. The number of para-hydroxylation sites is 1. The van der Waals surface area contributed by atoms with Crippen molar-refractivity contribution in [3.05, 3.63) is 117 Å². The van der Waals surface area contributed by atoms with Crippen LogP contribution in [0.5, 0.6) is 11.5 Å². The van der Waals surface area contributed by atoms with E-state index >= 15 is 0 Å². The Balaban J connectivity index is 1.27. The fraction of sp³-hybridized carbons (Fsp3) is 0.182. The number of hydrogen-bond acceptors (Lipinski definition) is 9. The highest BCUT2D eigenvalue weighted by Crippen LogP contribution is 2.42. The molecule has 14 heteroatoms. The monoisotopic (exact) mass is 690 g/mol. The SMILES string of the molecule is COc1cccc([C@@H]2CC(c3cccs3)=NN2C(=O)CSc2nnc(CNC(=O)c3cccc(F)c3)n2-c2cccc(Cl)c2)c1OC. The summed E-state index contributed by atoms with van der Waals surface area (Å²) in [5, 5.41) is 20.6. The standard InChI is InChI=1S/C33H28ClFN6O4S2/c1-44-27-12-5-11-24(31(27)45-2)26-17-25(28-13-6-14-46-28)39-41(26)30(42)19-47-33-38-37-29(40(33)23-10-4-8-21(34)16-23)18-36-32(43)20-7-3-9-22(35)15-20/h3-16,26H,17-19H2,1-2H3,(H,36,43)/t26-/m0/s1. The molecule has 0 fully saturated rings. The van der Waals surface area contributed by atoms with Crippen LogP contribution in [0, 0.1) is 5.82 Å². The molecule has 1 atom stereocenters. The van der Waals surface area contributed by atoms with Crippen molar-refractivity contribution >= 4 is 52.2 Å². The zero-order valence-corrected chi connectivity index (χ0v) is 27.6. The average molecular weight is 691 g/mol.